The van der Waals surface area contributed by atoms with Gasteiger partial charge in [0.1, 0.15) is 17.7 Å². The van der Waals surface area contributed by atoms with Gasteiger partial charge in [0.25, 0.3) is 0 Å². The van der Waals surface area contributed by atoms with Gasteiger partial charge in [-0.25, -0.2) is 8.78 Å². The van der Waals surface area contributed by atoms with Gasteiger partial charge in [0.15, 0.2) is 0 Å². The predicted molar refractivity (Wildman–Crippen MR) is 136 cm³/mol. The van der Waals surface area contributed by atoms with Gasteiger partial charge < -0.3 is 11.1 Å². The van der Waals surface area contributed by atoms with Crippen molar-refractivity contribution in [2.75, 3.05) is 0 Å². The van der Waals surface area contributed by atoms with Crippen LogP contribution < -0.4 is 16.4 Å². The summed E-state index contributed by atoms with van der Waals surface area (Å²) in [6.07, 6.45) is -4.12. The van der Waals surface area contributed by atoms with Crippen molar-refractivity contribution < 1.29 is 26.7 Å². The van der Waals surface area contributed by atoms with E-state index in [9.17, 15) is 26.7 Å². The minimum Gasteiger partial charge on any atom is -0.336 e. The zero-order valence-corrected chi connectivity index (χ0v) is 21.0. The molecule has 3 aromatic rings. The van der Waals surface area contributed by atoms with Crippen molar-refractivity contribution in [1.29, 1.82) is 0 Å². The molecule has 3 aromatic carbocycles. The average Bonchev–Trinajstić information content (AvgIpc) is 3.52. The molecule has 38 heavy (non-hydrogen) atoms. The molecule has 4 nitrogen and oxygen atoms in total. The molecule has 0 unspecified atom stereocenters. The number of hydrogen-bond acceptors (Lipinski definition) is 3. The van der Waals surface area contributed by atoms with Crippen LogP contribution in [0.5, 0.6) is 0 Å². The maximum Gasteiger partial charge on any atom is 0.407 e. The predicted octanol–water partition coefficient (Wildman–Crippen LogP) is 6.20. The van der Waals surface area contributed by atoms with E-state index in [0.29, 0.717) is 6.42 Å². The number of nitrogens with two attached hydrogens (primary N) is 1. The summed E-state index contributed by atoms with van der Waals surface area (Å²) < 4.78 is 71.0. The lowest BCUT2D eigenvalue weighted by Crippen LogP contribution is -2.55. The zero-order chi connectivity index (χ0) is 27.7. The number of carbonyl (C=O) groups excluding carboxylic acids is 1. The van der Waals surface area contributed by atoms with Crippen LogP contribution in [0.2, 0.25) is 0 Å². The normalized spacial score (nSPS) is 20.7. The first kappa shape index (κ1) is 27.7. The minimum atomic E-state index is -4.74. The summed E-state index contributed by atoms with van der Waals surface area (Å²) in [6.45, 7) is 3.62. The van der Waals surface area contributed by atoms with Crippen molar-refractivity contribution in [3.8, 4) is 11.1 Å². The van der Waals surface area contributed by atoms with Gasteiger partial charge in [-0.05, 0) is 47.6 Å². The highest BCUT2D eigenvalue weighted by atomic mass is 19.4. The van der Waals surface area contributed by atoms with E-state index in [-0.39, 0.29) is 34.9 Å². The van der Waals surface area contributed by atoms with E-state index in [1.54, 1.807) is 0 Å². The Hall–Kier alpha value is -3.30. The van der Waals surface area contributed by atoms with Crippen LogP contribution in [-0.4, -0.2) is 23.8 Å². The van der Waals surface area contributed by atoms with Crippen LogP contribution in [-0.2, 0) is 4.79 Å². The first-order valence-electron chi connectivity index (χ1n) is 12.4. The molecular weight excluding hydrogens is 501 g/mol. The Morgan fingerprint density at radius 3 is 2.13 bits per heavy atom. The molecule has 0 saturated heterocycles. The standard InChI is InChI=1S/C29H30F5N3O/c1-17(2)15-24(27(38)37-28(35)16-21(28)18-7-4-3-5-8-18)36-26(29(32,33)34)20-13-11-19(12-14-20)25-22(30)9-6-10-23(25)31/h3-14,17,21,24,26,36H,15-16,35H2,1-2H3,(H,37,38)/t21-,24+,26+,28-/m1/s1. The van der Waals surface area contributed by atoms with Crippen molar-refractivity contribution in [3.63, 3.8) is 0 Å². The summed E-state index contributed by atoms with van der Waals surface area (Å²) in [5, 5.41) is 5.25. The molecule has 0 spiro atoms. The summed E-state index contributed by atoms with van der Waals surface area (Å²) >= 11 is 0. The Labute approximate surface area is 218 Å². The molecule has 1 aliphatic carbocycles. The third-order valence-corrected chi connectivity index (χ3v) is 6.78. The largest absolute Gasteiger partial charge is 0.407 e. The lowest BCUT2D eigenvalue weighted by molar-refractivity contribution is -0.161. The Bertz CT molecular complexity index is 1240. The molecule has 0 aliphatic heterocycles. The second-order valence-electron chi connectivity index (χ2n) is 10.2. The molecule has 1 amide bonds. The molecule has 9 heteroatoms. The van der Waals surface area contributed by atoms with Gasteiger partial charge in [0.05, 0.1) is 17.3 Å². The second-order valence-corrected chi connectivity index (χ2v) is 10.2. The zero-order valence-electron chi connectivity index (χ0n) is 21.0. The average molecular weight is 532 g/mol. The van der Waals surface area contributed by atoms with E-state index in [4.69, 9.17) is 5.73 Å². The molecule has 1 saturated carbocycles. The van der Waals surface area contributed by atoms with Gasteiger partial charge in [-0.3, -0.25) is 10.1 Å². The van der Waals surface area contributed by atoms with Crippen LogP contribution in [0, 0.1) is 17.6 Å². The number of alkyl halides is 3. The monoisotopic (exact) mass is 531 g/mol. The Balaban J connectivity index is 1.55. The van der Waals surface area contributed by atoms with Crippen LogP contribution in [0.4, 0.5) is 22.0 Å². The van der Waals surface area contributed by atoms with E-state index in [1.807, 2.05) is 44.2 Å². The SMILES string of the molecule is CC(C)C[C@H](N[C@@H](c1ccc(-c2c(F)cccc2F)cc1)C(F)(F)F)C(=O)N[C@]1(N)C[C@@H]1c1ccccc1. The number of hydrogen-bond donors (Lipinski definition) is 3. The smallest absolute Gasteiger partial charge is 0.336 e. The van der Waals surface area contributed by atoms with E-state index < -0.39 is 41.5 Å². The number of benzene rings is 3. The molecule has 4 atom stereocenters. The van der Waals surface area contributed by atoms with Gasteiger partial charge >= 0.3 is 6.18 Å². The Kier molecular flexibility index (Phi) is 7.90. The van der Waals surface area contributed by atoms with Gasteiger partial charge in [-0.2, -0.15) is 13.2 Å². The van der Waals surface area contributed by atoms with E-state index in [0.717, 1.165) is 29.8 Å². The lowest BCUT2D eigenvalue weighted by Gasteiger charge is -2.29. The lowest BCUT2D eigenvalue weighted by atomic mass is 9.97. The molecule has 1 aliphatic rings. The third kappa shape index (κ3) is 6.22. The van der Waals surface area contributed by atoms with Gasteiger partial charge in [-0.1, -0.05) is 74.5 Å². The van der Waals surface area contributed by atoms with Gasteiger partial charge in [0, 0.05) is 5.92 Å². The third-order valence-electron chi connectivity index (χ3n) is 6.78. The highest BCUT2D eigenvalue weighted by Gasteiger charge is 2.54. The van der Waals surface area contributed by atoms with Crippen LogP contribution >= 0.6 is 0 Å². The molecule has 1 fully saturated rings. The molecule has 0 heterocycles. The fourth-order valence-electron chi connectivity index (χ4n) is 4.75. The van der Waals surface area contributed by atoms with Crippen LogP contribution in [0.25, 0.3) is 11.1 Å². The van der Waals surface area contributed by atoms with Crippen LogP contribution in [0.15, 0.2) is 72.8 Å². The van der Waals surface area contributed by atoms with Gasteiger partial charge in [-0.15, -0.1) is 0 Å². The topological polar surface area (TPSA) is 67.2 Å². The quantitative estimate of drug-likeness (QED) is 0.228. The fraction of sp³-hybridized carbons (Fsp3) is 0.345. The maximum absolute atomic E-state index is 14.2. The van der Waals surface area contributed by atoms with Gasteiger partial charge in [0.2, 0.25) is 5.91 Å². The molecule has 0 radical (unpaired) electrons. The summed E-state index contributed by atoms with van der Waals surface area (Å²) in [6, 6.07) is 14.2. The number of rotatable bonds is 9. The summed E-state index contributed by atoms with van der Waals surface area (Å²) in [7, 11) is 0. The molecule has 0 aromatic heterocycles. The highest BCUT2D eigenvalue weighted by molar-refractivity contribution is 5.83. The van der Waals surface area contributed by atoms with E-state index in [2.05, 4.69) is 10.6 Å². The van der Waals surface area contributed by atoms with Crippen molar-refractivity contribution >= 4 is 5.91 Å². The number of nitrogens with one attached hydrogen (secondary N) is 2. The second kappa shape index (κ2) is 10.8. The number of halogens is 5. The van der Waals surface area contributed by atoms with Crippen molar-refractivity contribution in [1.82, 2.24) is 10.6 Å². The Morgan fingerprint density at radius 1 is 0.974 bits per heavy atom. The first-order valence-corrected chi connectivity index (χ1v) is 12.4. The molecule has 4 N–H and O–H groups in total. The Morgan fingerprint density at radius 2 is 1.58 bits per heavy atom. The first-order chi connectivity index (χ1) is 17.9. The molecule has 202 valence electrons. The summed E-state index contributed by atoms with van der Waals surface area (Å²) in [5.74, 6) is -2.46. The van der Waals surface area contributed by atoms with Crippen molar-refractivity contribution in [2.24, 2.45) is 11.7 Å². The number of carbonyl (C=O) groups is 1. The maximum atomic E-state index is 14.2. The highest BCUT2D eigenvalue weighted by Crippen LogP contribution is 2.47. The van der Waals surface area contributed by atoms with Crippen molar-refractivity contribution in [2.45, 2.75) is 56.5 Å². The van der Waals surface area contributed by atoms with Crippen LogP contribution in [0.3, 0.4) is 0 Å². The van der Waals surface area contributed by atoms with Crippen LogP contribution in [0.1, 0.15) is 49.8 Å². The fourth-order valence-corrected chi connectivity index (χ4v) is 4.75. The summed E-state index contributed by atoms with van der Waals surface area (Å²) in [5.41, 5.74) is 5.89. The number of amides is 1. The van der Waals surface area contributed by atoms with Crippen molar-refractivity contribution in [3.05, 3.63) is 95.6 Å². The van der Waals surface area contributed by atoms with E-state index >= 15 is 0 Å². The summed E-state index contributed by atoms with van der Waals surface area (Å²) in [4.78, 5) is 13.2. The molecule has 4 rings (SSSR count). The molecule has 0 bridgehead atoms. The minimum absolute atomic E-state index is 0.0867. The van der Waals surface area contributed by atoms with E-state index in [1.165, 1.54) is 18.2 Å². The molecular formula is C29H30F5N3O.